The van der Waals surface area contributed by atoms with Gasteiger partial charge in [0.25, 0.3) is 0 Å². The Labute approximate surface area is 123 Å². The lowest BCUT2D eigenvalue weighted by molar-refractivity contribution is 1.13. The zero-order valence-corrected chi connectivity index (χ0v) is 12.0. The zero-order valence-electron chi connectivity index (χ0n) is 11.2. The van der Waals surface area contributed by atoms with Crippen LogP contribution in [0.15, 0.2) is 54.9 Å². The number of hydrogen-bond acceptors (Lipinski definition) is 2. The van der Waals surface area contributed by atoms with E-state index in [1.165, 1.54) is 10.9 Å². The molecule has 0 spiro atoms. The van der Waals surface area contributed by atoms with Crippen LogP contribution in [0.4, 0.5) is 5.69 Å². The highest BCUT2D eigenvalue weighted by atomic mass is 35.5. The van der Waals surface area contributed by atoms with Gasteiger partial charge < -0.3 is 5.32 Å². The number of benzene rings is 2. The third kappa shape index (κ3) is 2.47. The Morgan fingerprint density at radius 1 is 1.05 bits per heavy atom. The van der Waals surface area contributed by atoms with Gasteiger partial charge in [-0.15, -0.1) is 0 Å². The number of hydrogen-bond donors (Lipinski definition) is 1. The number of aryl methyl sites for hydroxylation is 1. The molecule has 0 atom stereocenters. The minimum absolute atomic E-state index is 0.707. The molecule has 0 fully saturated rings. The Balaban J connectivity index is 1.91. The summed E-state index contributed by atoms with van der Waals surface area (Å²) in [5.41, 5.74) is 3.30. The van der Waals surface area contributed by atoms with E-state index >= 15 is 0 Å². The van der Waals surface area contributed by atoms with Crippen LogP contribution in [-0.2, 0) is 6.54 Å². The first-order valence-corrected chi connectivity index (χ1v) is 6.94. The number of nitrogens with one attached hydrogen (secondary N) is 1. The van der Waals surface area contributed by atoms with E-state index in [-0.39, 0.29) is 0 Å². The standard InChI is InChI=1S/C17H15ClN2/c1-12-5-4-8-16(18)17(12)20-11-14-10-19-9-13-6-2-3-7-15(13)14/h2-10,20H,11H2,1H3. The van der Waals surface area contributed by atoms with Gasteiger partial charge in [0, 0.05) is 24.3 Å². The molecule has 1 heterocycles. The summed E-state index contributed by atoms with van der Waals surface area (Å²) in [5.74, 6) is 0. The second-order valence-electron chi connectivity index (χ2n) is 4.81. The van der Waals surface area contributed by atoms with E-state index in [0.29, 0.717) is 6.54 Å². The molecule has 3 heteroatoms. The van der Waals surface area contributed by atoms with Crippen molar-refractivity contribution in [3.63, 3.8) is 0 Å². The molecule has 0 bridgehead atoms. The summed E-state index contributed by atoms with van der Waals surface area (Å²) in [6.07, 6.45) is 3.79. The summed E-state index contributed by atoms with van der Waals surface area (Å²) in [4.78, 5) is 4.30. The first-order valence-electron chi connectivity index (χ1n) is 6.56. The molecule has 0 amide bonds. The number of nitrogens with zero attached hydrogens (tertiary/aromatic N) is 1. The molecule has 1 N–H and O–H groups in total. The fraction of sp³-hybridized carbons (Fsp3) is 0.118. The average Bonchev–Trinajstić information content (AvgIpc) is 2.47. The molecule has 0 aliphatic rings. The van der Waals surface area contributed by atoms with Crippen molar-refractivity contribution in [2.24, 2.45) is 0 Å². The van der Waals surface area contributed by atoms with Crippen molar-refractivity contribution >= 4 is 28.1 Å². The van der Waals surface area contributed by atoms with E-state index < -0.39 is 0 Å². The highest BCUT2D eigenvalue weighted by Crippen LogP contribution is 2.26. The summed E-state index contributed by atoms with van der Waals surface area (Å²) in [6.45, 7) is 2.76. The maximum atomic E-state index is 6.24. The van der Waals surface area contributed by atoms with Crippen molar-refractivity contribution in [1.29, 1.82) is 0 Å². The van der Waals surface area contributed by atoms with Crippen LogP contribution >= 0.6 is 11.6 Å². The summed E-state index contributed by atoms with van der Waals surface area (Å²) < 4.78 is 0. The molecule has 1 aromatic heterocycles. The first kappa shape index (κ1) is 12.9. The van der Waals surface area contributed by atoms with Crippen LogP contribution in [0.1, 0.15) is 11.1 Å². The monoisotopic (exact) mass is 282 g/mol. The van der Waals surface area contributed by atoms with E-state index in [1.807, 2.05) is 36.7 Å². The number of rotatable bonds is 3. The molecule has 2 aromatic carbocycles. The van der Waals surface area contributed by atoms with E-state index in [0.717, 1.165) is 21.7 Å². The highest BCUT2D eigenvalue weighted by molar-refractivity contribution is 6.33. The van der Waals surface area contributed by atoms with Gasteiger partial charge in [-0.25, -0.2) is 0 Å². The summed E-state index contributed by atoms with van der Waals surface area (Å²) in [5, 5.41) is 6.54. The van der Waals surface area contributed by atoms with Crippen molar-refractivity contribution in [2.75, 3.05) is 5.32 Å². The normalized spacial score (nSPS) is 10.7. The summed E-state index contributed by atoms with van der Waals surface area (Å²) >= 11 is 6.24. The van der Waals surface area contributed by atoms with Crippen LogP contribution in [0.25, 0.3) is 10.8 Å². The van der Waals surface area contributed by atoms with Crippen molar-refractivity contribution < 1.29 is 0 Å². The lowest BCUT2D eigenvalue weighted by Crippen LogP contribution is -2.02. The van der Waals surface area contributed by atoms with Gasteiger partial charge in [-0.3, -0.25) is 4.98 Å². The smallest absolute Gasteiger partial charge is 0.0640 e. The van der Waals surface area contributed by atoms with Gasteiger partial charge in [-0.05, 0) is 29.5 Å². The van der Waals surface area contributed by atoms with Crippen LogP contribution in [0.3, 0.4) is 0 Å². The van der Waals surface area contributed by atoms with Crippen molar-refractivity contribution in [2.45, 2.75) is 13.5 Å². The fourth-order valence-electron chi connectivity index (χ4n) is 2.36. The lowest BCUT2D eigenvalue weighted by atomic mass is 10.1. The molecule has 100 valence electrons. The number of aromatic nitrogens is 1. The minimum atomic E-state index is 0.707. The van der Waals surface area contributed by atoms with Crippen LogP contribution in [0, 0.1) is 6.92 Å². The van der Waals surface area contributed by atoms with Crippen molar-refractivity contribution in [3.8, 4) is 0 Å². The third-order valence-electron chi connectivity index (χ3n) is 3.43. The average molecular weight is 283 g/mol. The predicted octanol–water partition coefficient (Wildman–Crippen LogP) is 4.81. The van der Waals surface area contributed by atoms with Gasteiger partial charge in [0.15, 0.2) is 0 Å². The topological polar surface area (TPSA) is 24.9 Å². The van der Waals surface area contributed by atoms with Gasteiger partial charge in [0.1, 0.15) is 0 Å². The molecule has 0 aliphatic carbocycles. The quantitative estimate of drug-likeness (QED) is 0.746. The Hall–Kier alpha value is -2.06. The van der Waals surface area contributed by atoms with Crippen LogP contribution in [-0.4, -0.2) is 4.98 Å². The number of fused-ring (bicyclic) bond motifs is 1. The number of halogens is 1. The third-order valence-corrected chi connectivity index (χ3v) is 3.74. The van der Waals surface area contributed by atoms with Crippen LogP contribution in [0.2, 0.25) is 5.02 Å². The van der Waals surface area contributed by atoms with Gasteiger partial charge in [0.2, 0.25) is 0 Å². The fourth-order valence-corrected chi connectivity index (χ4v) is 2.65. The summed E-state index contributed by atoms with van der Waals surface area (Å²) in [7, 11) is 0. The minimum Gasteiger partial charge on any atom is -0.379 e. The molecule has 3 aromatic rings. The summed E-state index contributed by atoms with van der Waals surface area (Å²) in [6, 6.07) is 14.2. The first-order chi connectivity index (χ1) is 9.75. The van der Waals surface area contributed by atoms with Crippen LogP contribution in [0.5, 0.6) is 0 Å². The Morgan fingerprint density at radius 3 is 2.75 bits per heavy atom. The molecular formula is C17H15ClN2. The molecule has 0 saturated carbocycles. The molecule has 0 saturated heterocycles. The van der Waals surface area contributed by atoms with Crippen molar-refractivity contribution in [1.82, 2.24) is 4.98 Å². The maximum absolute atomic E-state index is 6.24. The lowest BCUT2D eigenvalue weighted by Gasteiger charge is -2.12. The van der Waals surface area contributed by atoms with Gasteiger partial charge in [0.05, 0.1) is 10.7 Å². The molecule has 2 nitrogen and oxygen atoms in total. The highest BCUT2D eigenvalue weighted by Gasteiger charge is 2.05. The largest absolute Gasteiger partial charge is 0.379 e. The van der Waals surface area contributed by atoms with E-state index in [9.17, 15) is 0 Å². The van der Waals surface area contributed by atoms with Gasteiger partial charge >= 0.3 is 0 Å². The molecule has 0 unspecified atom stereocenters. The predicted molar refractivity (Wildman–Crippen MR) is 85.3 cm³/mol. The molecule has 3 rings (SSSR count). The maximum Gasteiger partial charge on any atom is 0.0640 e. The van der Waals surface area contributed by atoms with Crippen molar-refractivity contribution in [3.05, 3.63) is 71.0 Å². The van der Waals surface area contributed by atoms with E-state index in [4.69, 9.17) is 11.6 Å². The Kier molecular flexibility index (Phi) is 3.57. The second-order valence-corrected chi connectivity index (χ2v) is 5.21. The van der Waals surface area contributed by atoms with E-state index in [2.05, 4.69) is 35.4 Å². The molecule has 20 heavy (non-hydrogen) atoms. The number of pyridine rings is 1. The van der Waals surface area contributed by atoms with Gasteiger partial charge in [-0.1, -0.05) is 48.0 Å². The SMILES string of the molecule is Cc1cccc(Cl)c1NCc1cncc2ccccc12. The second kappa shape index (κ2) is 5.51. The Bertz CT molecular complexity index is 727. The number of anilines is 1. The molecule has 0 aliphatic heterocycles. The van der Waals surface area contributed by atoms with E-state index in [1.54, 1.807) is 0 Å². The Morgan fingerprint density at radius 2 is 1.90 bits per heavy atom. The molecule has 0 radical (unpaired) electrons. The molecular weight excluding hydrogens is 268 g/mol. The number of para-hydroxylation sites is 1. The van der Waals surface area contributed by atoms with Crippen LogP contribution < -0.4 is 5.32 Å². The van der Waals surface area contributed by atoms with Gasteiger partial charge in [-0.2, -0.15) is 0 Å². The zero-order chi connectivity index (χ0) is 13.9.